The Bertz CT molecular complexity index is 348. The van der Waals surface area contributed by atoms with Gasteiger partial charge >= 0.3 is 5.97 Å². The second kappa shape index (κ2) is 6.89. The molecule has 0 fully saturated rings. The van der Waals surface area contributed by atoms with E-state index in [0.717, 1.165) is 12.8 Å². The highest BCUT2D eigenvalue weighted by atomic mass is 19.1. The van der Waals surface area contributed by atoms with Gasteiger partial charge < -0.3 is 9.84 Å². The van der Waals surface area contributed by atoms with Gasteiger partial charge in [0.1, 0.15) is 11.6 Å². The topological polar surface area (TPSA) is 46.5 Å². The van der Waals surface area contributed by atoms with Gasteiger partial charge in [-0.3, -0.25) is 4.79 Å². The van der Waals surface area contributed by atoms with Gasteiger partial charge in [-0.15, -0.1) is 0 Å². The van der Waals surface area contributed by atoms with Crippen molar-refractivity contribution in [3.05, 3.63) is 30.1 Å². The molecular weight excluding hydrogens is 223 g/mol. The molecule has 0 heterocycles. The van der Waals surface area contributed by atoms with Crippen molar-refractivity contribution >= 4 is 5.97 Å². The first kappa shape index (κ1) is 13.5. The summed E-state index contributed by atoms with van der Waals surface area (Å²) in [5, 5.41) is 8.47. The van der Waals surface area contributed by atoms with Crippen molar-refractivity contribution in [2.45, 2.75) is 38.7 Å². The van der Waals surface area contributed by atoms with E-state index in [1.165, 1.54) is 12.1 Å². The maximum Gasteiger partial charge on any atom is 0.303 e. The molecule has 1 unspecified atom stereocenters. The number of hydrogen-bond donors (Lipinski definition) is 1. The zero-order chi connectivity index (χ0) is 12.7. The Hall–Kier alpha value is -1.58. The third-order valence-corrected chi connectivity index (χ3v) is 2.40. The van der Waals surface area contributed by atoms with E-state index in [4.69, 9.17) is 9.84 Å². The summed E-state index contributed by atoms with van der Waals surface area (Å²) in [7, 11) is 0. The Kier molecular flexibility index (Phi) is 5.46. The maximum absolute atomic E-state index is 12.6. The van der Waals surface area contributed by atoms with Gasteiger partial charge in [-0.1, -0.05) is 0 Å². The molecule has 4 heteroatoms. The van der Waals surface area contributed by atoms with Crippen molar-refractivity contribution in [1.82, 2.24) is 0 Å². The van der Waals surface area contributed by atoms with E-state index >= 15 is 0 Å². The normalized spacial score (nSPS) is 12.1. The Labute approximate surface area is 100 Å². The van der Waals surface area contributed by atoms with Crippen LogP contribution in [0.5, 0.6) is 5.75 Å². The molecule has 0 spiro atoms. The van der Waals surface area contributed by atoms with Gasteiger partial charge in [0.2, 0.25) is 0 Å². The molecule has 0 saturated carbocycles. The lowest BCUT2D eigenvalue weighted by molar-refractivity contribution is -0.137. The fourth-order valence-corrected chi connectivity index (χ4v) is 1.51. The summed E-state index contributed by atoms with van der Waals surface area (Å²) in [6, 6.07) is 5.88. The standard InChI is InChI=1S/C13H17FO3/c1-10(4-2-3-5-13(15)16)17-12-8-6-11(14)7-9-12/h6-10H,2-5H2,1H3,(H,15,16). The van der Waals surface area contributed by atoms with Gasteiger partial charge in [0.05, 0.1) is 6.10 Å². The van der Waals surface area contributed by atoms with Gasteiger partial charge in [0.15, 0.2) is 0 Å². The summed E-state index contributed by atoms with van der Waals surface area (Å²) < 4.78 is 18.2. The number of rotatable bonds is 7. The Morgan fingerprint density at radius 2 is 2.00 bits per heavy atom. The molecule has 1 rings (SSSR count). The Balaban J connectivity index is 2.22. The van der Waals surface area contributed by atoms with E-state index in [1.807, 2.05) is 6.92 Å². The van der Waals surface area contributed by atoms with Crippen LogP contribution in [0.4, 0.5) is 4.39 Å². The van der Waals surface area contributed by atoms with Crippen LogP contribution in [0, 0.1) is 5.82 Å². The van der Waals surface area contributed by atoms with Crippen LogP contribution in [0.3, 0.4) is 0 Å². The van der Waals surface area contributed by atoms with Crippen LogP contribution in [-0.2, 0) is 4.79 Å². The van der Waals surface area contributed by atoms with Gasteiger partial charge in [-0.05, 0) is 50.5 Å². The molecule has 0 aliphatic rings. The van der Waals surface area contributed by atoms with Crippen LogP contribution in [0.1, 0.15) is 32.6 Å². The first-order valence-corrected chi connectivity index (χ1v) is 5.72. The summed E-state index contributed by atoms with van der Waals surface area (Å²) in [4.78, 5) is 10.3. The minimum absolute atomic E-state index is 0.00857. The lowest BCUT2D eigenvalue weighted by atomic mass is 10.1. The molecule has 17 heavy (non-hydrogen) atoms. The quantitative estimate of drug-likeness (QED) is 0.744. The smallest absolute Gasteiger partial charge is 0.303 e. The number of unbranched alkanes of at least 4 members (excludes halogenated alkanes) is 1. The summed E-state index contributed by atoms with van der Waals surface area (Å²) in [6.07, 6.45) is 2.48. The van der Waals surface area contributed by atoms with Gasteiger partial charge in [-0.2, -0.15) is 0 Å². The first-order chi connectivity index (χ1) is 8.08. The lowest BCUT2D eigenvalue weighted by Gasteiger charge is -2.14. The fraction of sp³-hybridized carbons (Fsp3) is 0.462. The minimum atomic E-state index is -0.767. The number of carboxylic acid groups (broad SMARTS) is 1. The van der Waals surface area contributed by atoms with Crippen molar-refractivity contribution in [2.75, 3.05) is 0 Å². The predicted molar refractivity (Wildman–Crippen MR) is 62.6 cm³/mol. The number of hydrogen-bond acceptors (Lipinski definition) is 2. The van der Waals surface area contributed by atoms with E-state index in [9.17, 15) is 9.18 Å². The molecule has 0 aliphatic heterocycles. The van der Waals surface area contributed by atoms with Crippen LogP contribution in [-0.4, -0.2) is 17.2 Å². The molecule has 0 bridgehead atoms. The average molecular weight is 240 g/mol. The highest BCUT2D eigenvalue weighted by Gasteiger charge is 2.05. The third kappa shape index (κ3) is 5.90. The summed E-state index contributed by atoms with van der Waals surface area (Å²) >= 11 is 0. The van der Waals surface area contributed by atoms with Crippen molar-refractivity contribution in [1.29, 1.82) is 0 Å². The molecule has 94 valence electrons. The third-order valence-electron chi connectivity index (χ3n) is 2.40. The lowest BCUT2D eigenvalue weighted by Crippen LogP contribution is -2.11. The molecule has 0 radical (unpaired) electrons. The van der Waals surface area contributed by atoms with Crippen molar-refractivity contribution in [3.8, 4) is 5.75 Å². The number of aliphatic carboxylic acids is 1. The average Bonchev–Trinajstić information content (AvgIpc) is 2.27. The van der Waals surface area contributed by atoms with E-state index in [2.05, 4.69) is 0 Å². The van der Waals surface area contributed by atoms with Crippen LogP contribution >= 0.6 is 0 Å². The summed E-state index contributed by atoms with van der Waals surface area (Å²) in [5.41, 5.74) is 0. The van der Waals surface area contributed by atoms with E-state index in [1.54, 1.807) is 12.1 Å². The van der Waals surface area contributed by atoms with Gasteiger partial charge in [-0.25, -0.2) is 4.39 Å². The highest BCUT2D eigenvalue weighted by Crippen LogP contribution is 2.15. The molecule has 1 atom stereocenters. The zero-order valence-corrected chi connectivity index (χ0v) is 9.86. The Morgan fingerprint density at radius 3 is 2.59 bits per heavy atom. The van der Waals surface area contributed by atoms with Crippen molar-refractivity contribution < 1.29 is 19.0 Å². The SMILES string of the molecule is CC(CCCCC(=O)O)Oc1ccc(F)cc1. The number of carbonyl (C=O) groups is 1. The molecule has 1 aromatic rings. The van der Waals surface area contributed by atoms with Crippen LogP contribution in [0.2, 0.25) is 0 Å². The highest BCUT2D eigenvalue weighted by molar-refractivity contribution is 5.66. The molecule has 1 N–H and O–H groups in total. The van der Waals surface area contributed by atoms with Crippen molar-refractivity contribution in [2.24, 2.45) is 0 Å². The van der Waals surface area contributed by atoms with Crippen LogP contribution in [0.15, 0.2) is 24.3 Å². The zero-order valence-electron chi connectivity index (χ0n) is 9.86. The molecule has 3 nitrogen and oxygen atoms in total. The minimum Gasteiger partial charge on any atom is -0.491 e. The predicted octanol–water partition coefficient (Wildman–Crippen LogP) is 3.24. The number of ether oxygens (including phenoxy) is 1. The molecule has 0 saturated heterocycles. The summed E-state index contributed by atoms with van der Waals surface area (Å²) in [5.74, 6) is -0.416. The van der Waals surface area contributed by atoms with Gasteiger partial charge in [0.25, 0.3) is 0 Å². The molecule has 0 aromatic heterocycles. The number of halogens is 1. The Morgan fingerprint density at radius 1 is 1.35 bits per heavy atom. The molecule has 0 aliphatic carbocycles. The molecule has 0 amide bonds. The first-order valence-electron chi connectivity index (χ1n) is 5.72. The van der Waals surface area contributed by atoms with E-state index in [-0.39, 0.29) is 18.3 Å². The molecule has 1 aromatic carbocycles. The molecular formula is C13H17FO3. The largest absolute Gasteiger partial charge is 0.491 e. The number of carboxylic acids is 1. The van der Waals surface area contributed by atoms with Crippen LogP contribution in [0.25, 0.3) is 0 Å². The second-order valence-corrected chi connectivity index (χ2v) is 4.02. The maximum atomic E-state index is 12.6. The van der Waals surface area contributed by atoms with E-state index in [0.29, 0.717) is 12.2 Å². The van der Waals surface area contributed by atoms with Gasteiger partial charge in [0, 0.05) is 6.42 Å². The van der Waals surface area contributed by atoms with E-state index < -0.39 is 5.97 Å². The van der Waals surface area contributed by atoms with Crippen LogP contribution < -0.4 is 4.74 Å². The number of benzene rings is 1. The monoisotopic (exact) mass is 240 g/mol. The fourth-order valence-electron chi connectivity index (χ4n) is 1.51. The second-order valence-electron chi connectivity index (χ2n) is 4.02. The van der Waals surface area contributed by atoms with Crippen molar-refractivity contribution in [3.63, 3.8) is 0 Å². The summed E-state index contributed by atoms with van der Waals surface area (Å²) in [6.45, 7) is 1.92.